The zero-order valence-corrected chi connectivity index (χ0v) is 63.9. The molecule has 10 heterocycles. The van der Waals surface area contributed by atoms with Gasteiger partial charge in [-0.3, -0.25) is 0 Å². The molecule has 10 aliphatic heterocycles. The highest BCUT2D eigenvalue weighted by Crippen LogP contribution is 2.44. The van der Waals surface area contributed by atoms with Gasteiger partial charge in [0.2, 0.25) is 0 Å². The van der Waals surface area contributed by atoms with Crippen LogP contribution in [0.15, 0.2) is 0 Å². The molecule has 49 nitrogen and oxygen atoms in total. The summed E-state index contributed by atoms with van der Waals surface area (Å²) < 4.78 is 114. The van der Waals surface area contributed by atoms with Crippen molar-refractivity contribution in [3.63, 3.8) is 0 Å². The molecule has 0 radical (unpaired) electrons. The second kappa shape index (κ2) is 41.4. The zero-order valence-electron chi connectivity index (χ0n) is 63.9. The molecule has 51 atom stereocenters. The van der Waals surface area contributed by atoms with Crippen LogP contribution in [0.25, 0.3) is 0 Å². The highest BCUT2D eigenvalue weighted by molar-refractivity contribution is 5.76. The van der Waals surface area contributed by atoms with Crippen molar-refractivity contribution in [2.45, 2.75) is 329 Å². The molecule has 682 valence electrons. The van der Waals surface area contributed by atoms with E-state index in [1.54, 1.807) is 13.8 Å². The molecular formula is C68H117NO48. The maximum atomic E-state index is 13.0. The quantitative estimate of drug-likeness (QED) is 0.0306. The van der Waals surface area contributed by atoms with Crippen molar-refractivity contribution in [2.75, 3.05) is 66.1 Å². The van der Waals surface area contributed by atoms with Crippen molar-refractivity contribution in [1.82, 2.24) is 0 Å². The molecule has 10 rings (SSSR count). The summed E-state index contributed by atoms with van der Waals surface area (Å²) in [6, 6.07) is -1.64. The first-order valence-corrected chi connectivity index (χ1v) is 38.5. The summed E-state index contributed by atoms with van der Waals surface area (Å²) in [4.78, 5) is 13.0. The molecule has 0 aliphatic carbocycles. The lowest BCUT2D eigenvalue weighted by atomic mass is 9.88. The summed E-state index contributed by atoms with van der Waals surface area (Å²) >= 11 is 0. The van der Waals surface area contributed by atoms with E-state index in [2.05, 4.69) is 0 Å². The molecule has 10 saturated heterocycles. The smallest absolute Gasteiger partial charge is 0.364 e. The molecule has 30 N–H and O–H groups in total. The standard InChI is InChI=1S/C68H117NO48/c1-17-21(5)100-28(12-75)50(34(17)81)109-59-18(2)35(82)52(30(14-77)105-59)111-63-48(95)55(113-66-58(46(93)41(88)26(10-73)104-66)115-61-20(4)36(83)51(29(13-76)107-61)110-62-47(94)44(91)39(86)24(8-71)101-62)43(90)32(108-63)16-99-65-57(45(92)40(87)25(9-72)103-65)114-60-19(3)37(84)53(31(15-78)106-60)112-64-49(96)56(42(89)27(11-74)102-64)117-68(67(97)98)6-22(79)33(69)54(116-68)38(85)23(80)7-70/h17-66,70-96H,6-16,69H2,1-5H3,(H,97,98)/t17-,18+,19?,20+,21+,22-,23-,24?,25?,26-,27?,28?,29?,30?,31+,32?,33-,34?,35?,36?,37?,38-,39+,40-,41-,42+,43-,44?,45?,46?,47+,48?,49+,50-,51-,52-,53-,54?,55?,56?,57-,58?,59+,60+,61+,62+,63+,64+,65+,66-,68+/m1/s1. The molecule has 117 heavy (non-hydrogen) atoms. The molecule has 0 aromatic rings. The summed E-state index contributed by atoms with van der Waals surface area (Å²) in [5.41, 5.74) is 6.00. The third-order valence-electron chi connectivity index (χ3n) is 23.7. The fraction of sp³-hybridized carbons (Fsp3) is 0.985. The molecule has 0 aromatic carbocycles. The normalized spacial score (nSPS) is 52.1. The van der Waals surface area contributed by atoms with Crippen LogP contribution in [-0.4, -0.2) is 503 Å². The Morgan fingerprint density at radius 3 is 1.10 bits per heavy atom. The number of ether oxygens (including phenoxy) is 19. The van der Waals surface area contributed by atoms with Crippen LogP contribution < -0.4 is 5.73 Å². The fourth-order valence-corrected chi connectivity index (χ4v) is 16.0. The molecule has 0 amide bonds. The molecular weight excluding hydrogens is 1600 g/mol. The number of aliphatic hydroxyl groups is 27. The van der Waals surface area contributed by atoms with Gasteiger partial charge in [-0.15, -0.1) is 0 Å². The van der Waals surface area contributed by atoms with Crippen LogP contribution in [0.5, 0.6) is 0 Å². The highest BCUT2D eigenvalue weighted by atomic mass is 16.8. The van der Waals surface area contributed by atoms with E-state index >= 15 is 0 Å². The average Bonchev–Trinajstić information content (AvgIpc) is 0.756. The third kappa shape index (κ3) is 20.1. The molecule has 0 aromatic heterocycles. The van der Waals surface area contributed by atoms with Crippen molar-refractivity contribution in [3.05, 3.63) is 0 Å². The van der Waals surface area contributed by atoms with Crippen LogP contribution in [0.3, 0.4) is 0 Å². The van der Waals surface area contributed by atoms with Gasteiger partial charge in [0, 0.05) is 30.1 Å². The SMILES string of the molecule is CC1C(O)[C@H](O[C@@H]2OC(CO)[C@H](O)C(O[C@]3(C(=O)O)C[C@@H](O)[C@@H](N)C([C@H](O)[C@H](O)CO)O3)[C@@H]2O)[C@H](CO)O[C@H]1O[C@@H]1C(O)[C@H](O)C(CO)O[C@@H]1OCC1O[C@@H](O[C@@H]2C(CO)O[C@@H](O[C@@H]3C(CO)O[C@@H](C)[C@@H](C)C3O)[C@@H](C)C2O)C(O)C(O[C@H]2O[C@H](CO)[C@@H](O)C(O)C2O[C@@H]2OC(CO)[C@@H](O[C@@H]3OC(CO)[C@H](O)C(O)[C@@H]3O)C(O)[C@@H]2C)[C@@H]1O. The summed E-state index contributed by atoms with van der Waals surface area (Å²) in [7, 11) is 0. The third-order valence-corrected chi connectivity index (χ3v) is 23.7. The Morgan fingerprint density at radius 1 is 0.350 bits per heavy atom. The molecule has 0 bridgehead atoms. The Balaban J connectivity index is 0.906. The number of aliphatic hydroxyl groups excluding tert-OH is 27. The number of carboxylic acids is 1. The van der Waals surface area contributed by atoms with Crippen LogP contribution >= 0.6 is 0 Å². The van der Waals surface area contributed by atoms with E-state index in [0.29, 0.717) is 0 Å². The van der Waals surface area contributed by atoms with Gasteiger partial charge in [0.1, 0.15) is 189 Å². The van der Waals surface area contributed by atoms with E-state index in [1.165, 1.54) is 20.8 Å². The maximum Gasteiger partial charge on any atom is 0.364 e. The van der Waals surface area contributed by atoms with Crippen LogP contribution in [0.1, 0.15) is 41.0 Å². The van der Waals surface area contributed by atoms with Crippen molar-refractivity contribution < 1.29 is 238 Å². The van der Waals surface area contributed by atoms with Gasteiger partial charge in [-0.05, 0) is 6.92 Å². The van der Waals surface area contributed by atoms with Gasteiger partial charge in [-0.2, -0.15) is 0 Å². The highest BCUT2D eigenvalue weighted by Gasteiger charge is 2.63. The fourth-order valence-electron chi connectivity index (χ4n) is 16.0. The van der Waals surface area contributed by atoms with Gasteiger partial charge in [0.05, 0.1) is 109 Å². The topological polar surface area (TPSA) is 785 Å². The number of hydrogen-bond donors (Lipinski definition) is 29. The van der Waals surface area contributed by atoms with Gasteiger partial charge in [-0.25, -0.2) is 4.79 Å². The van der Waals surface area contributed by atoms with Crippen molar-refractivity contribution >= 4 is 5.97 Å². The summed E-state index contributed by atoms with van der Waals surface area (Å²) in [5.74, 6) is -9.78. The molecule has 10 fully saturated rings. The van der Waals surface area contributed by atoms with Gasteiger partial charge >= 0.3 is 5.97 Å². The minimum Gasteiger partial charge on any atom is -0.477 e. The van der Waals surface area contributed by atoms with Crippen molar-refractivity contribution in [3.8, 4) is 0 Å². The van der Waals surface area contributed by atoms with Crippen molar-refractivity contribution in [2.24, 2.45) is 29.4 Å². The van der Waals surface area contributed by atoms with Crippen LogP contribution in [0, 0.1) is 23.7 Å². The predicted molar refractivity (Wildman–Crippen MR) is 365 cm³/mol. The summed E-state index contributed by atoms with van der Waals surface area (Å²) in [6.07, 6.45) is -86.6. The number of rotatable bonds is 31. The number of hydrogen-bond acceptors (Lipinski definition) is 48. The Morgan fingerprint density at radius 2 is 0.675 bits per heavy atom. The molecule has 10 aliphatic rings. The molecule has 0 saturated carbocycles. The summed E-state index contributed by atoms with van der Waals surface area (Å²) in [5, 5.41) is 310. The monoisotopic (exact) mass is 1720 g/mol. The zero-order chi connectivity index (χ0) is 86.2. The van der Waals surface area contributed by atoms with E-state index in [0.717, 1.165) is 0 Å². The lowest BCUT2D eigenvalue weighted by Crippen LogP contribution is -2.70. The number of aliphatic carboxylic acids is 1. The first-order valence-electron chi connectivity index (χ1n) is 38.5. The lowest BCUT2D eigenvalue weighted by molar-refractivity contribution is -0.402. The molecule has 49 heteroatoms. The van der Waals surface area contributed by atoms with Gasteiger partial charge in [0.25, 0.3) is 5.79 Å². The van der Waals surface area contributed by atoms with Crippen LogP contribution in [0.4, 0.5) is 0 Å². The van der Waals surface area contributed by atoms with E-state index in [9.17, 15) is 148 Å². The van der Waals surface area contributed by atoms with Gasteiger partial charge in [-0.1, -0.05) is 27.7 Å². The Kier molecular flexibility index (Phi) is 34.2. The lowest BCUT2D eigenvalue weighted by Gasteiger charge is -2.51. The minimum absolute atomic E-state index is 0.554. The average molecular weight is 1720 g/mol. The predicted octanol–water partition coefficient (Wildman–Crippen LogP) is -17.5. The second-order valence-corrected chi connectivity index (χ2v) is 31.3. The maximum absolute atomic E-state index is 13.0. The number of nitrogens with two attached hydrogens (primary N) is 1. The van der Waals surface area contributed by atoms with Crippen LogP contribution in [-0.2, 0) is 94.8 Å². The largest absolute Gasteiger partial charge is 0.477 e. The van der Waals surface area contributed by atoms with Gasteiger partial charge < -0.3 is 239 Å². The minimum atomic E-state index is -3.15. The van der Waals surface area contributed by atoms with E-state index in [-0.39, 0.29) is 0 Å². The van der Waals surface area contributed by atoms with Crippen LogP contribution in [0.2, 0.25) is 0 Å². The number of carbonyl (C=O) groups is 1. The first kappa shape index (κ1) is 96.8. The van der Waals surface area contributed by atoms with E-state index in [1.807, 2.05) is 0 Å². The first-order chi connectivity index (χ1) is 55.3. The Labute approximate surface area is 666 Å². The Bertz CT molecular complexity index is 3020. The van der Waals surface area contributed by atoms with Gasteiger partial charge in [0.15, 0.2) is 50.3 Å². The van der Waals surface area contributed by atoms with Crippen molar-refractivity contribution in [1.29, 1.82) is 0 Å². The summed E-state index contributed by atoms with van der Waals surface area (Å²) in [6.45, 7) is -2.83. The van der Waals surface area contributed by atoms with E-state index < -0.39 is 390 Å². The number of carboxylic acid groups (broad SMARTS) is 1. The Hall–Kier alpha value is -2.41. The molecule has 20 unspecified atom stereocenters. The van der Waals surface area contributed by atoms with E-state index in [4.69, 9.17) is 95.7 Å². The molecule has 0 spiro atoms. The second-order valence-electron chi connectivity index (χ2n) is 31.3.